The van der Waals surface area contributed by atoms with Crippen LogP contribution in [0.2, 0.25) is 0 Å². The summed E-state index contributed by atoms with van der Waals surface area (Å²) in [4.78, 5) is 21.7. The van der Waals surface area contributed by atoms with Crippen molar-refractivity contribution >= 4 is 5.91 Å². The number of imidazole rings is 1. The van der Waals surface area contributed by atoms with Crippen molar-refractivity contribution in [2.75, 3.05) is 20.8 Å². The largest absolute Gasteiger partial charge is 0.497 e. The molecule has 8 nitrogen and oxygen atoms in total. The Morgan fingerprint density at radius 1 is 1.14 bits per heavy atom. The highest BCUT2D eigenvalue weighted by atomic mass is 16.5. The van der Waals surface area contributed by atoms with Crippen molar-refractivity contribution in [3.63, 3.8) is 0 Å². The fourth-order valence-corrected chi connectivity index (χ4v) is 2.97. The number of rotatable bonds is 8. The number of pyridine rings is 1. The lowest BCUT2D eigenvalue weighted by Gasteiger charge is -2.21. The normalized spacial score (nSPS) is 11.6. The molecule has 3 aromatic rings. The molecule has 0 unspecified atom stereocenters. The Balaban J connectivity index is 2.02. The first kappa shape index (κ1) is 20.2. The Bertz CT molecular complexity index is 964. The maximum absolute atomic E-state index is 13.1. The van der Waals surface area contributed by atoms with Crippen molar-refractivity contribution in [1.29, 1.82) is 0 Å². The first-order valence-corrected chi connectivity index (χ1v) is 9.16. The van der Waals surface area contributed by atoms with Crippen LogP contribution < -0.4 is 19.5 Å². The molecule has 0 radical (unpaired) electrons. The molecule has 0 spiro atoms. The number of hydrogen-bond donors (Lipinski definition) is 1. The molecule has 0 saturated heterocycles. The molecule has 1 atom stereocenters. The van der Waals surface area contributed by atoms with Crippen LogP contribution in [0.5, 0.6) is 17.4 Å². The highest BCUT2D eigenvalue weighted by molar-refractivity contribution is 5.96. The highest BCUT2D eigenvalue weighted by Gasteiger charge is 2.24. The number of hydrogen-bond acceptors (Lipinski definition) is 6. The molecular weight excluding hydrogens is 372 g/mol. The van der Waals surface area contributed by atoms with Crippen LogP contribution in [0.3, 0.4) is 0 Å². The SMILES string of the molecule is CCOc1ncccc1C(=O)N[C@H](c1cc(OC)cc(OC)c1)c1nccn1C. The zero-order chi connectivity index (χ0) is 20.8. The quantitative estimate of drug-likeness (QED) is 0.630. The second-order valence-corrected chi connectivity index (χ2v) is 6.24. The van der Waals surface area contributed by atoms with Crippen molar-refractivity contribution < 1.29 is 19.0 Å². The standard InChI is InChI=1S/C21H24N4O4/c1-5-29-21-17(7-6-8-23-21)20(26)24-18(19-22-9-10-25(19)2)14-11-15(27-3)13-16(12-14)28-4/h6-13,18H,5H2,1-4H3,(H,24,26)/t18-/m1/s1. The molecule has 2 aromatic heterocycles. The Morgan fingerprint density at radius 3 is 2.45 bits per heavy atom. The summed E-state index contributed by atoms with van der Waals surface area (Å²) in [6, 6.07) is 8.29. The summed E-state index contributed by atoms with van der Waals surface area (Å²) in [5, 5.41) is 3.04. The van der Waals surface area contributed by atoms with Gasteiger partial charge in [-0.05, 0) is 36.8 Å². The minimum Gasteiger partial charge on any atom is -0.497 e. The number of methoxy groups -OCH3 is 2. The minimum atomic E-state index is -0.541. The van der Waals surface area contributed by atoms with Crippen molar-refractivity contribution in [3.05, 3.63) is 65.9 Å². The molecule has 0 saturated carbocycles. The Labute approximate surface area is 169 Å². The summed E-state index contributed by atoms with van der Waals surface area (Å²) in [7, 11) is 5.03. The molecule has 152 valence electrons. The Morgan fingerprint density at radius 2 is 1.86 bits per heavy atom. The van der Waals surface area contributed by atoms with Crippen molar-refractivity contribution in [3.8, 4) is 17.4 Å². The number of nitrogens with one attached hydrogen (secondary N) is 1. The zero-order valence-electron chi connectivity index (χ0n) is 16.9. The minimum absolute atomic E-state index is 0.286. The van der Waals surface area contributed by atoms with Gasteiger partial charge in [0.25, 0.3) is 5.91 Å². The fraction of sp³-hybridized carbons (Fsp3) is 0.286. The average molecular weight is 396 g/mol. The van der Waals surface area contributed by atoms with Crippen LogP contribution in [0.25, 0.3) is 0 Å². The van der Waals surface area contributed by atoms with Crippen LogP contribution in [0.4, 0.5) is 0 Å². The third-order valence-corrected chi connectivity index (χ3v) is 4.40. The zero-order valence-corrected chi connectivity index (χ0v) is 16.9. The lowest BCUT2D eigenvalue weighted by molar-refractivity contribution is 0.0936. The highest BCUT2D eigenvalue weighted by Crippen LogP contribution is 2.30. The number of ether oxygens (including phenoxy) is 3. The fourth-order valence-electron chi connectivity index (χ4n) is 2.97. The first-order chi connectivity index (χ1) is 14.1. The molecule has 0 aliphatic heterocycles. The van der Waals surface area contributed by atoms with Crippen molar-refractivity contribution in [2.45, 2.75) is 13.0 Å². The molecule has 0 aliphatic rings. The second-order valence-electron chi connectivity index (χ2n) is 6.24. The van der Waals surface area contributed by atoms with E-state index in [4.69, 9.17) is 14.2 Å². The second kappa shape index (κ2) is 9.09. The molecule has 2 heterocycles. The van der Waals surface area contributed by atoms with E-state index in [1.165, 1.54) is 0 Å². The van der Waals surface area contributed by atoms with Gasteiger partial charge >= 0.3 is 0 Å². The van der Waals surface area contributed by atoms with Gasteiger partial charge in [-0.1, -0.05) is 0 Å². The van der Waals surface area contributed by atoms with Gasteiger partial charge in [-0.3, -0.25) is 4.79 Å². The van der Waals surface area contributed by atoms with Crippen LogP contribution in [0.15, 0.2) is 48.9 Å². The van der Waals surface area contributed by atoms with Crippen LogP contribution >= 0.6 is 0 Å². The van der Waals surface area contributed by atoms with E-state index in [1.54, 1.807) is 44.8 Å². The van der Waals surface area contributed by atoms with Crippen molar-refractivity contribution in [2.24, 2.45) is 7.05 Å². The lowest BCUT2D eigenvalue weighted by Crippen LogP contribution is -2.31. The van der Waals surface area contributed by atoms with E-state index in [0.29, 0.717) is 29.5 Å². The van der Waals surface area contributed by atoms with Crippen LogP contribution in [-0.2, 0) is 7.05 Å². The molecule has 1 N–H and O–H groups in total. The maximum atomic E-state index is 13.1. The summed E-state index contributed by atoms with van der Waals surface area (Å²) < 4.78 is 18.1. The molecule has 0 aliphatic carbocycles. The van der Waals surface area contributed by atoms with E-state index in [0.717, 1.165) is 5.56 Å². The van der Waals surface area contributed by atoms with Crippen LogP contribution in [-0.4, -0.2) is 41.3 Å². The first-order valence-electron chi connectivity index (χ1n) is 9.16. The Kier molecular flexibility index (Phi) is 6.33. The number of aromatic nitrogens is 3. The monoisotopic (exact) mass is 396 g/mol. The number of benzene rings is 1. The van der Waals surface area contributed by atoms with Crippen LogP contribution in [0.1, 0.15) is 34.7 Å². The molecule has 8 heteroatoms. The number of aryl methyl sites for hydroxylation is 1. The van der Waals surface area contributed by atoms with E-state index in [-0.39, 0.29) is 11.8 Å². The number of nitrogens with zero attached hydrogens (tertiary/aromatic N) is 3. The number of amides is 1. The summed E-state index contributed by atoms with van der Waals surface area (Å²) in [5.74, 6) is 1.86. The topological polar surface area (TPSA) is 87.5 Å². The number of carbonyl (C=O) groups excluding carboxylic acids is 1. The van der Waals surface area contributed by atoms with Gasteiger partial charge in [0.2, 0.25) is 5.88 Å². The summed E-state index contributed by atoms with van der Waals surface area (Å²) in [6.07, 6.45) is 5.09. The summed E-state index contributed by atoms with van der Waals surface area (Å²) >= 11 is 0. The van der Waals surface area contributed by atoms with Gasteiger partial charge in [-0.15, -0.1) is 0 Å². The smallest absolute Gasteiger partial charge is 0.257 e. The number of carbonyl (C=O) groups is 1. The van der Waals surface area contributed by atoms with Gasteiger partial charge in [0.15, 0.2) is 0 Å². The van der Waals surface area contributed by atoms with E-state index >= 15 is 0 Å². The molecular formula is C21H24N4O4. The summed E-state index contributed by atoms with van der Waals surface area (Å²) in [5.41, 5.74) is 1.12. The van der Waals surface area contributed by atoms with Gasteiger partial charge in [0.1, 0.15) is 28.9 Å². The maximum Gasteiger partial charge on any atom is 0.257 e. The van der Waals surface area contributed by atoms with E-state index < -0.39 is 6.04 Å². The Hall–Kier alpha value is -3.55. The molecule has 0 fully saturated rings. The molecule has 1 aromatic carbocycles. The van der Waals surface area contributed by atoms with E-state index in [2.05, 4.69) is 15.3 Å². The van der Waals surface area contributed by atoms with E-state index in [9.17, 15) is 4.79 Å². The molecule has 0 bridgehead atoms. The molecule has 3 rings (SSSR count). The van der Waals surface area contributed by atoms with Gasteiger partial charge < -0.3 is 24.1 Å². The lowest BCUT2D eigenvalue weighted by atomic mass is 10.0. The predicted octanol–water partition coefficient (Wildman–Crippen LogP) is 2.75. The van der Waals surface area contributed by atoms with Gasteiger partial charge in [0, 0.05) is 31.7 Å². The summed E-state index contributed by atoms with van der Waals surface area (Å²) in [6.45, 7) is 2.25. The third-order valence-electron chi connectivity index (χ3n) is 4.40. The molecule has 29 heavy (non-hydrogen) atoms. The van der Waals surface area contributed by atoms with Gasteiger partial charge in [-0.2, -0.15) is 0 Å². The van der Waals surface area contributed by atoms with Crippen molar-refractivity contribution in [1.82, 2.24) is 19.9 Å². The van der Waals surface area contributed by atoms with E-state index in [1.807, 2.05) is 36.9 Å². The third kappa shape index (κ3) is 4.48. The molecule has 1 amide bonds. The van der Waals surface area contributed by atoms with Gasteiger partial charge in [0.05, 0.1) is 20.8 Å². The predicted molar refractivity (Wildman–Crippen MR) is 107 cm³/mol. The van der Waals surface area contributed by atoms with Crippen LogP contribution in [0, 0.1) is 0 Å². The van der Waals surface area contributed by atoms with Gasteiger partial charge in [-0.25, -0.2) is 9.97 Å². The average Bonchev–Trinajstić information content (AvgIpc) is 3.17.